The summed E-state index contributed by atoms with van der Waals surface area (Å²) in [5.74, 6) is 0. The molecule has 0 bridgehead atoms. The Labute approximate surface area is 127 Å². The molecule has 19 heavy (non-hydrogen) atoms. The maximum absolute atomic E-state index is 6.86. The Morgan fingerprint density at radius 2 is 1.11 bits per heavy atom. The van der Waals surface area contributed by atoms with Crippen LogP contribution in [0.2, 0.25) is 0 Å². The van der Waals surface area contributed by atoms with Crippen LogP contribution in [0.1, 0.15) is 38.5 Å². The van der Waals surface area contributed by atoms with Crippen molar-refractivity contribution in [3.8, 4) is 0 Å². The molecule has 2 fully saturated rings. The van der Waals surface area contributed by atoms with Crippen molar-refractivity contribution in [2.75, 3.05) is 13.1 Å². The van der Waals surface area contributed by atoms with Gasteiger partial charge in [0, 0.05) is 20.4 Å². The summed E-state index contributed by atoms with van der Waals surface area (Å²) < 4.78 is 0. The second kappa shape index (κ2) is 15.3. The zero-order valence-electron chi connectivity index (χ0n) is 10.8. The summed E-state index contributed by atoms with van der Waals surface area (Å²) in [4.78, 5) is 3.50. The van der Waals surface area contributed by atoms with E-state index >= 15 is 0 Å². The summed E-state index contributed by atoms with van der Waals surface area (Å²) in [7, 11) is 0. The molecule has 2 unspecified atom stereocenters. The minimum absolute atomic E-state index is 0. The van der Waals surface area contributed by atoms with E-state index in [4.69, 9.17) is 22.1 Å². The minimum Gasteiger partial charge on any atom is -0.661 e. The van der Waals surface area contributed by atoms with Crippen LogP contribution in [0.15, 0.2) is 0 Å². The Balaban J connectivity index is 0. The van der Waals surface area contributed by atoms with Crippen molar-refractivity contribution in [1.82, 2.24) is 0 Å². The van der Waals surface area contributed by atoms with Gasteiger partial charge in [0.05, 0.1) is 0 Å². The van der Waals surface area contributed by atoms with Gasteiger partial charge in [-0.3, -0.25) is 0 Å². The molecule has 0 aromatic rings. The van der Waals surface area contributed by atoms with E-state index in [1.807, 2.05) is 0 Å². The van der Waals surface area contributed by atoms with Crippen LogP contribution in [0.5, 0.6) is 0 Å². The predicted molar refractivity (Wildman–Crippen MR) is 70.6 cm³/mol. The summed E-state index contributed by atoms with van der Waals surface area (Å²) in [6, 6.07) is 1.19. The van der Waals surface area contributed by atoms with E-state index in [2.05, 4.69) is 10.6 Å². The third-order valence-corrected chi connectivity index (χ3v) is 2.99. The molecule has 8 nitrogen and oxygen atoms in total. The Morgan fingerprint density at radius 3 is 1.32 bits per heavy atom. The summed E-state index contributed by atoms with van der Waals surface area (Å²) in [5.41, 5.74) is 24.5. The number of hydrogen-bond acceptors (Lipinski definition) is 2. The SMILES string of the molecule is C1CCC(C2CCCC[N-]2)[N-]C1.[N-]=[N+]=N.[N-]=[N+]=N.[Pd]. The smallest absolute Gasteiger partial charge is 0 e. The first-order chi connectivity index (χ1) is 8.79. The molecule has 2 aliphatic rings. The van der Waals surface area contributed by atoms with Gasteiger partial charge in [0.1, 0.15) is 0 Å². The van der Waals surface area contributed by atoms with Crippen LogP contribution in [0, 0.1) is 11.1 Å². The molecule has 0 aromatic heterocycles. The van der Waals surface area contributed by atoms with Gasteiger partial charge >= 0.3 is 0 Å². The fourth-order valence-corrected chi connectivity index (χ4v) is 2.26. The molecule has 2 rings (SSSR count). The van der Waals surface area contributed by atoms with Gasteiger partial charge in [-0.25, -0.2) is 0 Å². The van der Waals surface area contributed by atoms with Crippen LogP contribution in [0.3, 0.4) is 0 Å². The van der Waals surface area contributed by atoms with Gasteiger partial charge in [0.2, 0.25) is 0 Å². The molecule has 2 aliphatic heterocycles. The van der Waals surface area contributed by atoms with Crippen LogP contribution in [-0.2, 0) is 20.4 Å². The molecule has 2 atom stereocenters. The van der Waals surface area contributed by atoms with Crippen LogP contribution >= 0.6 is 0 Å². The first kappa shape index (κ1) is 20.5. The molecule has 2 N–H and O–H groups in total. The monoisotopic (exact) mass is 358 g/mol. The van der Waals surface area contributed by atoms with Gasteiger partial charge in [-0.2, -0.15) is 12.1 Å². The molecule has 0 radical (unpaired) electrons. The Morgan fingerprint density at radius 1 is 0.789 bits per heavy atom. The summed E-state index contributed by atoms with van der Waals surface area (Å²) in [5, 5.41) is 9.32. The van der Waals surface area contributed by atoms with Gasteiger partial charge in [-0.05, 0) is 20.9 Å². The molecule has 0 amide bonds. The maximum atomic E-state index is 6.86. The molecule has 112 valence electrons. The number of nitrogens with one attached hydrogen (secondary N) is 2. The zero-order valence-corrected chi connectivity index (χ0v) is 12.4. The second-order valence-corrected chi connectivity index (χ2v) is 4.14. The van der Waals surface area contributed by atoms with Crippen molar-refractivity contribution in [3.63, 3.8) is 0 Å². The molecule has 2 saturated heterocycles. The van der Waals surface area contributed by atoms with Crippen molar-refractivity contribution in [2.24, 2.45) is 0 Å². The van der Waals surface area contributed by atoms with E-state index in [1.54, 1.807) is 9.82 Å². The van der Waals surface area contributed by atoms with Gasteiger partial charge in [0.15, 0.2) is 0 Å². The first-order valence-electron chi connectivity index (χ1n) is 6.15. The predicted octanol–water partition coefficient (Wildman–Crippen LogP) is 4.59. The van der Waals surface area contributed by atoms with Crippen LogP contribution in [-0.4, -0.2) is 25.2 Å². The third-order valence-electron chi connectivity index (χ3n) is 2.99. The van der Waals surface area contributed by atoms with Crippen molar-refractivity contribution < 1.29 is 20.4 Å². The third kappa shape index (κ3) is 10.8. The summed E-state index contributed by atoms with van der Waals surface area (Å²) >= 11 is 0. The maximum Gasteiger partial charge on any atom is 0 e. The van der Waals surface area contributed by atoms with Crippen molar-refractivity contribution >= 4 is 0 Å². The van der Waals surface area contributed by atoms with Crippen molar-refractivity contribution in [1.29, 1.82) is 11.1 Å². The van der Waals surface area contributed by atoms with E-state index in [9.17, 15) is 0 Å². The number of hydrogen-bond donors (Lipinski definition) is 2. The standard InChI is InChI=1S/C10H18N2.2HN3.Pd/c1-3-7-11-9(5-1)10-6-2-4-8-12-10;2*1-3-2;/h9-10H,1-8H2;2*1H;/q-2;;;. The molecule has 9 heteroatoms. The average molecular weight is 359 g/mol. The molecular weight excluding hydrogens is 339 g/mol. The van der Waals surface area contributed by atoms with Gasteiger partial charge in [0.25, 0.3) is 0 Å². The van der Waals surface area contributed by atoms with Gasteiger partial charge < -0.3 is 10.6 Å². The Bertz CT molecular complexity index is 233. The quantitative estimate of drug-likeness (QED) is 0.292. The Kier molecular flexibility index (Phi) is 16.5. The molecule has 2 heterocycles. The van der Waals surface area contributed by atoms with E-state index < -0.39 is 0 Å². The molecule has 0 aromatic carbocycles. The Hall–Kier alpha value is -0.798. The fraction of sp³-hybridized carbons (Fsp3) is 1.00. The van der Waals surface area contributed by atoms with E-state index in [1.165, 1.54) is 38.5 Å². The summed E-state index contributed by atoms with van der Waals surface area (Å²) in [6.45, 7) is 2.19. The van der Waals surface area contributed by atoms with Crippen LogP contribution in [0.25, 0.3) is 31.5 Å². The molecular formula is C10H20N8Pd-2. The van der Waals surface area contributed by atoms with E-state index in [0.717, 1.165) is 13.1 Å². The normalized spacial score (nSPS) is 24.8. The average Bonchev–Trinajstić information content (AvgIpc) is 2.43. The second-order valence-electron chi connectivity index (χ2n) is 4.14. The number of piperidine rings is 2. The molecule has 0 aliphatic carbocycles. The molecule has 0 spiro atoms. The first-order valence-corrected chi connectivity index (χ1v) is 6.15. The largest absolute Gasteiger partial charge is 0.661 e. The van der Waals surface area contributed by atoms with Crippen molar-refractivity contribution in [3.05, 3.63) is 31.5 Å². The number of rotatable bonds is 1. The fourth-order valence-electron chi connectivity index (χ4n) is 2.26. The van der Waals surface area contributed by atoms with Gasteiger partial charge in [-0.1, -0.05) is 38.5 Å². The van der Waals surface area contributed by atoms with Gasteiger partial charge in [-0.15, -0.1) is 24.2 Å². The van der Waals surface area contributed by atoms with E-state index in [-0.39, 0.29) is 20.4 Å². The van der Waals surface area contributed by atoms with Crippen LogP contribution in [0.4, 0.5) is 0 Å². The molecule has 0 saturated carbocycles. The number of nitrogens with zero attached hydrogens (tertiary/aromatic N) is 6. The topological polar surface area (TPSA) is 149 Å². The minimum atomic E-state index is 0. The van der Waals surface area contributed by atoms with E-state index in [0.29, 0.717) is 12.1 Å². The summed E-state index contributed by atoms with van der Waals surface area (Å²) in [6.07, 6.45) is 7.97. The van der Waals surface area contributed by atoms with Crippen molar-refractivity contribution in [2.45, 2.75) is 50.6 Å². The zero-order chi connectivity index (χ0) is 13.6. The van der Waals surface area contributed by atoms with Crippen LogP contribution < -0.4 is 0 Å².